The van der Waals surface area contributed by atoms with Crippen molar-refractivity contribution < 1.29 is 22.7 Å². The van der Waals surface area contributed by atoms with Gasteiger partial charge in [0.1, 0.15) is 23.2 Å². The standard InChI is InChI=1S/C15H11BrF3NO2/c1-8(22-14-5-3-9(17)6-11(14)16)15(21)20-13-4-2-10(18)7-12(13)19/h2-8H,1H3,(H,20,21). The number of ether oxygens (including phenoxy) is 1. The van der Waals surface area contributed by atoms with Gasteiger partial charge in [-0.1, -0.05) is 0 Å². The molecular weight excluding hydrogens is 363 g/mol. The lowest BCUT2D eigenvalue weighted by Gasteiger charge is -2.16. The Morgan fingerprint density at radius 1 is 1.14 bits per heavy atom. The highest BCUT2D eigenvalue weighted by Gasteiger charge is 2.18. The molecule has 0 radical (unpaired) electrons. The first-order valence-electron chi connectivity index (χ1n) is 6.24. The number of carbonyl (C=O) groups excluding carboxylic acids is 1. The normalized spacial score (nSPS) is 11.9. The third kappa shape index (κ3) is 4.00. The third-order valence-corrected chi connectivity index (χ3v) is 3.38. The van der Waals surface area contributed by atoms with Gasteiger partial charge in [0.2, 0.25) is 0 Å². The van der Waals surface area contributed by atoms with Crippen LogP contribution in [0.2, 0.25) is 0 Å². The number of rotatable bonds is 4. The Kier molecular flexibility index (Phi) is 5.07. The summed E-state index contributed by atoms with van der Waals surface area (Å²) in [6.45, 7) is 1.45. The SMILES string of the molecule is CC(Oc1ccc(F)cc1Br)C(=O)Nc1ccc(F)cc1F. The second-order valence-corrected chi connectivity index (χ2v) is 5.30. The van der Waals surface area contributed by atoms with Gasteiger partial charge < -0.3 is 10.1 Å². The highest BCUT2D eigenvalue weighted by Crippen LogP contribution is 2.26. The Labute approximate surface area is 133 Å². The van der Waals surface area contributed by atoms with Gasteiger partial charge in [-0.3, -0.25) is 4.79 Å². The van der Waals surface area contributed by atoms with E-state index in [0.717, 1.165) is 12.1 Å². The average molecular weight is 374 g/mol. The van der Waals surface area contributed by atoms with E-state index in [2.05, 4.69) is 21.2 Å². The molecule has 0 saturated carbocycles. The lowest BCUT2D eigenvalue weighted by Crippen LogP contribution is -2.30. The van der Waals surface area contributed by atoms with Crippen LogP contribution in [0.1, 0.15) is 6.92 Å². The van der Waals surface area contributed by atoms with Crippen molar-refractivity contribution >= 4 is 27.5 Å². The molecule has 22 heavy (non-hydrogen) atoms. The molecule has 1 amide bonds. The quantitative estimate of drug-likeness (QED) is 0.868. The smallest absolute Gasteiger partial charge is 0.265 e. The molecule has 1 atom stereocenters. The second kappa shape index (κ2) is 6.83. The van der Waals surface area contributed by atoms with Crippen LogP contribution in [0.25, 0.3) is 0 Å². The van der Waals surface area contributed by atoms with Crippen LogP contribution in [0.3, 0.4) is 0 Å². The first-order chi connectivity index (χ1) is 10.4. The lowest BCUT2D eigenvalue weighted by molar-refractivity contribution is -0.122. The first kappa shape index (κ1) is 16.4. The van der Waals surface area contributed by atoms with Crippen molar-refractivity contribution in [2.75, 3.05) is 5.32 Å². The molecular formula is C15H11BrF3NO2. The zero-order valence-electron chi connectivity index (χ0n) is 11.4. The van der Waals surface area contributed by atoms with Crippen LogP contribution < -0.4 is 10.1 Å². The maximum absolute atomic E-state index is 13.5. The molecule has 0 aliphatic rings. The van der Waals surface area contributed by atoms with Crippen molar-refractivity contribution in [1.82, 2.24) is 0 Å². The monoisotopic (exact) mass is 373 g/mol. The predicted octanol–water partition coefficient (Wildman–Crippen LogP) is 4.27. The molecule has 0 heterocycles. The summed E-state index contributed by atoms with van der Waals surface area (Å²) in [7, 11) is 0. The van der Waals surface area contributed by atoms with Gasteiger partial charge in [-0.25, -0.2) is 13.2 Å². The fourth-order valence-electron chi connectivity index (χ4n) is 1.64. The molecule has 0 fully saturated rings. The maximum atomic E-state index is 13.5. The lowest BCUT2D eigenvalue weighted by atomic mass is 10.2. The van der Waals surface area contributed by atoms with Crippen molar-refractivity contribution in [2.24, 2.45) is 0 Å². The van der Waals surface area contributed by atoms with E-state index in [1.807, 2.05) is 0 Å². The average Bonchev–Trinajstić information content (AvgIpc) is 2.44. The summed E-state index contributed by atoms with van der Waals surface area (Å²) in [6, 6.07) is 6.55. The summed E-state index contributed by atoms with van der Waals surface area (Å²) in [5.74, 6) is -2.44. The van der Waals surface area contributed by atoms with Crippen molar-refractivity contribution in [3.05, 3.63) is 58.3 Å². The van der Waals surface area contributed by atoms with Gasteiger partial charge in [-0.15, -0.1) is 0 Å². The van der Waals surface area contributed by atoms with Gasteiger partial charge in [0.05, 0.1) is 10.2 Å². The number of benzene rings is 2. The number of nitrogens with one attached hydrogen (secondary N) is 1. The van der Waals surface area contributed by atoms with E-state index < -0.39 is 29.5 Å². The Morgan fingerprint density at radius 3 is 2.41 bits per heavy atom. The molecule has 0 bridgehead atoms. The van der Waals surface area contributed by atoms with Crippen LogP contribution in [0, 0.1) is 17.5 Å². The van der Waals surface area contributed by atoms with Gasteiger partial charge in [0.15, 0.2) is 6.10 Å². The summed E-state index contributed by atoms with van der Waals surface area (Å²) in [5, 5.41) is 2.29. The Morgan fingerprint density at radius 2 is 1.77 bits per heavy atom. The number of hydrogen-bond acceptors (Lipinski definition) is 2. The largest absolute Gasteiger partial charge is 0.480 e. The van der Waals surface area contributed by atoms with Crippen LogP contribution in [0.15, 0.2) is 40.9 Å². The zero-order valence-corrected chi connectivity index (χ0v) is 13.0. The molecule has 3 nitrogen and oxygen atoms in total. The minimum atomic E-state index is -0.966. The molecule has 116 valence electrons. The van der Waals surface area contributed by atoms with Gasteiger partial charge in [-0.2, -0.15) is 0 Å². The fourth-order valence-corrected chi connectivity index (χ4v) is 2.08. The molecule has 2 rings (SSSR count). The molecule has 2 aromatic rings. The van der Waals surface area contributed by atoms with E-state index >= 15 is 0 Å². The molecule has 0 spiro atoms. The molecule has 0 saturated heterocycles. The highest BCUT2D eigenvalue weighted by molar-refractivity contribution is 9.10. The van der Waals surface area contributed by atoms with Gasteiger partial charge in [0, 0.05) is 6.07 Å². The highest BCUT2D eigenvalue weighted by atomic mass is 79.9. The predicted molar refractivity (Wildman–Crippen MR) is 79.2 cm³/mol. The van der Waals surface area contributed by atoms with Crippen LogP contribution in [-0.4, -0.2) is 12.0 Å². The molecule has 0 aliphatic heterocycles. The van der Waals surface area contributed by atoms with Crippen molar-refractivity contribution in [3.8, 4) is 5.75 Å². The molecule has 1 N–H and O–H groups in total. The zero-order chi connectivity index (χ0) is 16.3. The minimum absolute atomic E-state index is 0.153. The van der Waals surface area contributed by atoms with Gasteiger partial charge in [0.25, 0.3) is 5.91 Å². The molecule has 0 aliphatic carbocycles. The number of anilines is 1. The van der Waals surface area contributed by atoms with E-state index in [-0.39, 0.29) is 11.4 Å². The minimum Gasteiger partial charge on any atom is -0.480 e. The van der Waals surface area contributed by atoms with Crippen LogP contribution in [0.5, 0.6) is 5.75 Å². The van der Waals surface area contributed by atoms with E-state index in [4.69, 9.17) is 4.74 Å². The summed E-state index contributed by atoms with van der Waals surface area (Å²) < 4.78 is 45.0. The Hall–Kier alpha value is -2.02. The van der Waals surface area contributed by atoms with E-state index in [1.54, 1.807) is 0 Å². The Bertz CT molecular complexity index is 709. The summed E-state index contributed by atoms with van der Waals surface area (Å²) >= 11 is 3.11. The van der Waals surface area contributed by atoms with Crippen molar-refractivity contribution in [2.45, 2.75) is 13.0 Å². The molecule has 1 unspecified atom stereocenters. The number of hydrogen-bond donors (Lipinski definition) is 1. The fraction of sp³-hybridized carbons (Fsp3) is 0.133. The molecule has 2 aromatic carbocycles. The van der Waals surface area contributed by atoms with Crippen LogP contribution in [0.4, 0.5) is 18.9 Å². The third-order valence-electron chi connectivity index (χ3n) is 2.76. The summed E-state index contributed by atoms with van der Waals surface area (Å²) in [4.78, 5) is 11.9. The van der Waals surface area contributed by atoms with E-state index in [1.165, 1.54) is 25.1 Å². The van der Waals surface area contributed by atoms with Crippen molar-refractivity contribution in [1.29, 1.82) is 0 Å². The van der Waals surface area contributed by atoms with Crippen LogP contribution in [-0.2, 0) is 4.79 Å². The van der Waals surface area contributed by atoms with E-state index in [9.17, 15) is 18.0 Å². The molecule has 0 aromatic heterocycles. The Balaban J connectivity index is 2.05. The van der Waals surface area contributed by atoms with Gasteiger partial charge >= 0.3 is 0 Å². The first-order valence-corrected chi connectivity index (χ1v) is 7.03. The summed E-state index contributed by atoms with van der Waals surface area (Å²) in [6.07, 6.45) is -0.966. The molecule has 7 heteroatoms. The van der Waals surface area contributed by atoms with Gasteiger partial charge in [-0.05, 0) is 53.2 Å². The van der Waals surface area contributed by atoms with E-state index in [0.29, 0.717) is 10.5 Å². The topological polar surface area (TPSA) is 38.3 Å². The maximum Gasteiger partial charge on any atom is 0.265 e. The van der Waals surface area contributed by atoms with Crippen LogP contribution >= 0.6 is 15.9 Å². The number of halogens is 4. The second-order valence-electron chi connectivity index (χ2n) is 4.45. The summed E-state index contributed by atoms with van der Waals surface area (Å²) in [5.41, 5.74) is -0.153. The number of carbonyl (C=O) groups is 1. The number of amides is 1. The van der Waals surface area contributed by atoms with Crippen molar-refractivity contribution in [3.63, 3.8) is 0 Å².